The molecule has 1 aromatic rings. The van der Waals surface area contributed by atoms with Crippen LogP contribution in [0.2, 0.25) is 0 Å². The molecular formula is C13H23N5O. The lowest BCUT2D eigenvalue weighted by atomic mass is 10.2. The predicted molar refractivity (Wildman–Crippen MR) is 76.7 cm³/mol. The molecule has 2 N–H and O–H groups in total. The second-order valence-electron chi connectivity index (χ2n) is 5.17. The molecule has 0 spiro atoms. The van der Waals surface area contributed by atoms with Gasteiger partial charge in [0.2, 0.25) is 0 Å². The number of aromatic nitrogens is 2. The normalized spacial score (nSPS) is 19.5. The highest BCUT2D eigenvalue weighted by Gasteiger charge is 2.16. The fourth-order valence-electron chi connectivity index (χ4n) is 2.09. The summed E-state index contributed by atoms with van der Waals surface area (Å²) in [7, 11) is 2.04. The molecule has 2 rings (SSSR count). The van der Waals surface area contributed by atoms with Crippen LogP contribution in [0, 0.1) is 0 Å². The van der Waals surface area contributed by atoms with Gasteiger partial charge >= 0.3 is 0 Å². The number of morpholine rings is 1. The monoisotopic (exact) mass is 265 g/mol. The van der Waals surface area contributed by atoms with Gasteiger partial charge in [0.1, 0.15) is 18.0 Å². The molecule has 1 saturated heterocycles. The third kappa shape index (κ3) is 4.33. The summed E-state index contributed by atoms with van der Waals surface area (Å²) in [5.74, 6) is 1.78. The van der Waals surface area contributed by atoms with Crippen LogP contribution in [0.3, 0.4) is 0 Å². The summed E-state index contributed by atoms with van der Waals surface area (Å²) in [4.78, 5) is 10.7. The van der Waals surface area contributed by atoms with Crippen molar-refractivity contribution in [2.24, 2.45) is 0 Å². The maximum atomic E-state index is 5.46. The minimum Gasteiger partial charge on any atom is -0.378 e. The third-order valence-electron chi connectivity index (χ3n) is 2.97. The Balaban J connectivity index is 1.95. The topological polar surface area (TPSA) is 62.3 Å². The number of likely N-dealkylation sites (N-methyl/N-ethyl adjacent to an activating group) is 1. The first kappa shape index (κ1) is 14.0. The first-order chi connectivity index (χ1) is 9.15. The van der Waals surface area contributed by atoms with Crippen molar-refractivity contribution < 1.29 is 4.74 Å². The van der Waals surface area contributed by atoms with Crippen LogP contribution in [0.1, 0.15) is 13.8 Å². The zero-order valence-electron chi connectivity index (χ0n) is 11.9. The largest absolute Gasteiger partial charge is 0.378 e. The van der Waals surface area contributed by atoms with Gasteiger partial charge in [-0.15, -0.1) is 0 Å². The van der Waals surface area contributed by atoms with Crippen molar-refractivity contribution in [3.63, 3.8) is 0 Å². The molecule has 6 heteroatoms. The van der Waals surface area contributed by atoms with Crippen molar-refractivity contribution >= 4 is 11.6 Å². The van der Waals surface area contributed by atoms with Crippen LogP contribution in [0.25, 0.3) is 0 Å². The molecule has 0 saturated carbocycles. The lowest BCUT2D eigenvalue weighted by Gasteiger charge is -2.28. The highest BCUT2D eigenvalue weighted by Crippen LogP contribution is 2.14. The van der Waals surface area contributed by atoms with Gasteiger partial charge in [-0.3, -0.25) is 0 Å². The minimum atomic E-state index is 0.357. The molecule has 2 heterocycles. The molecule has 0 aromatic carbocycles. The molecule has 106 valence electrons. The second-order valence-corrected chi connectivity index (χ2v) is 5.17. The van der Waals surface area contributed by atoms with Gasteiger partial charge in [0, 0.05) is 38.3 Å². The quantitative estimate of drug-likeness (QED) is 0.818. The first-order valence-corrected chi connectivity index (χ1v) is 6.76. The van der Waals surface area contributed by atoms with Crippen molar-refractivity contribution in [3.8, 4) is 0 Å². The zero-order valence-corrected chi connectivity index (χ0v) is 11.9. The number of nitrogens with zero attached hydrogens (tertiary/aromatic N) is 3. The van der Waals surface area contributed by atoms with E-state index in [0.29, 0.717) is 12.1 Å². The minimum absolute atomic E-state index is 0.357. The van der Waals surface area contributed by atoms with E-state index in [1.165, 1.54) is 0 Å². The van der Waals surface area contributed by atoms with Crippen LogP contribution >= 0.6 is 0 Å². The SMILES string of the molecule is CC(C)Nc1cc(N(C)CC2COCCN2)ncn1. The Labute approximate surface area is 114 Å². The summed E-state index contributed by atoms with van der Waals surface area (Å²) in [6, 6.07) is 2.70. The van der Waals surface area contributed by atoms with Gasteiger partial charge in [-0.2, -0.15) is 0 Å². The van der Waals surface area contributed by atoms with Gasteiger partial charge in [-0.1, -0.05) is 0 Å². The van der Waals surface area contributed by atoms with E-state index in [2.05, 4.69) is 39.3 Å². The molecular weight excluding hydrogens is 242 g/mol. The van der Waals surface area contributed by atoms with E-state index in [0.717, 1.165) is 37.9 Å². The van der Waals surface area contributed by atoms with Gasteiger partial charge < -0.3 is 20.3 Å². The molecule has 0 amide bonds. The summed E-state index contributed by atoms with van der Waals surface area (Å²) >= 11 is 0. The van der Waals surface area contributed by atoms with Crippen LogP contribution in [-0.4, -0.2) is 55.4 Å². The molecule has 1 unspecified atom stereocenters. The highest BCUT2D eigenvalue weighted by molar-refractivity contribution is 5.48. The predicted octanol–water partition coefficient (Wildman–Crippen LogP) is 0.722. The van der Waals surface area contributed by atoms with E-state index in [1.54, 1.807) is 6.33 Å². The molecule has 0 aliphatic carbocycles. The summed E-state index contributed by atoms with van der Waals surface area (Å²) in [5.41, 5.74) is 0. The van der Waals surface area contributed by atoms with Gasteiger partial charge in [0.25, 0.3) is 0 Å². The standard InChI is InChI=1S/C13H23N5O/c1-10(2)17-12-6-13(16-9-15-12)18(3)7-11-8-19-5-4-14-11/h6,9-11,14H,4-5,7-8H2,1-3H3,(H,15,16,17). The maximum Gasteiger partial charge on any atom is 0.133 e. The fraction of sp³-hybridized carbons (Fsp3) is 0.692. The summed E-state index contributed by atoms with van der Waals surface area (Å²) in [6.45, 7) is 7.53. The highest BCUT2D eigenvalue weighted by atomic mass is 16.5. The number of ether oxygens (including phenoxy) is 1. The van der Waals surface area contributed by atoms with Crippen LogP contribution in [0.5, 0.6) is 0 Å². The summed E-state index contributed by atoms with van der Waals surface area (Å²) in [5, 5.41) is 6.73. The van der Waals surface area contributed by atoms with Crippen molar-refractivity contribution in [2.75, 3.05) is 43.6 Å². The fourth-order valence-corrected chi connectivity index (χ4v) is 2.09. The number of anilines is 2. The molecule has 1 fully saturated rings. The lowest BCUT2D eigenvalue weighted by molar-refractivity contribution is 0.0790. The molecule has 0 radical (unpaired) electrons. The third-order valence-corrected chi connectivity index (χ3v) is 2.97. The Hall–Kier alpha value is -1.40. The van der Waals surface area contributed by atoms with E-state index in [9.17, 15) is 0 Å². The number of hydrogen-bond acceptors (Lipinski definition) is 6. The van der Waals surface area contributed by atoms with Crippen molar-refractivity contribution in [1.82, 2.24) is 15.3 Å². The Bertz CT molecular complexity index is 392. The van der Waals surface area contributed by atoms with Crippen LogP contribution in [-0.2, 0) is 4.74 Å². The maximum absolute atomic E-state index is 5.46. The van der Waals surface area contributed by atoms with E-state index >= 15 is 0 Å². The van der Waals surface area contributed by atoms with Crippen molar-refractivity contribution in [1.29, 1.82) is 0 Å². The number of hydrogen-bond donors (Lipinski definition) is 2. The summed E-state index contributed by atoms with van der Waals surface area (Å²) in [6.07, 6.45) is 1.60. The number of nitrogens with one attached hydrogen (secondary N) is 2. The average molecular weight is 265 g/mol. The van der Waals surface area contributed by atoms with Crippen LogP contribution in [0.15, 0.2) is 12.4 Å². The van der Waals surface area contributed by atoms with E-state index in [4.69, 9.17) is 4.74 Å². The lowest BCUT2D eigenvalue weighted by Crippen LogP contribution is -2.47. The number of rotatable bonds is 5. The average Bonchev–Trinajstić information content (AvgIpc) is 2.39. The van der Waals surface area contributed by atoms with Gasteiger partial charge in [0.05, 0.1) is 13.2 Å². The second kappa shape index (κ2) is 6.68. The van der Waals surface area contributed by atoms with E-state index in [-0.39, 0.29) is 0 Å². The van der Waals surface area contributed by atoms with E-state index < -0.39 is 0 Å². The summed E-state index contributed by atoms with van der Waals surface area (Å²) < 4.78 is 5.46. The molecule has 1 aliphatic rings. The molecule has 0 bridgehead atoms. The van der Waals surface area contributed by atoms with Gasteiger partial charge in [-0.05, 0) is 13.8 Å². The molecule has 1 atom stereocenters. The molecule has 19 heavy (non-hydrogen) atoms. The van der Waals surface area contributed by atoms with Gasteiger partial charge in [-0.25, -0.2) is 9.97 Å². The Kier molecular flexibility index (Phi) is 4.93. The first-order valence-electron chi connectivity index (χ1n) is 6.76. The Morgan fingerprint density at radius 3 is 3.05 bits per heavy atom. The van der Waals surface area contributed by atoms with Crippen LogP contribution in [0.4, 0.5) is 11.6 Å². The van der Waals surface area contributed by atoms with Crippen LogP contribution < -0.4 is 15.5 Å². The van der Waals surface area contributed by atoms with Gasteiger partial charge in [0.15, 0.2) is 0 Å². The molecule has 6 nitrogen and oxygen atoms in total. The van der Waals surface area contributed by atoms with Crippen molar-refractivity contribution in [3.05, 3.63) is 12.4 Å². The molecule has 1 aromatic heterocycles. The smallest absolute Gasteiger partial charge is 0.133 e. The Morgan fingerprint density at radius 1 is 1.53 bits per heavy atom. The molecule has 1 aliphatic heterocycles. The van der Waals surface area contributed by atoms with E-state index in [1.807, 2.05) is 13.1 Å². The van der Waals surface area contributed by atoms with Crippen molar-refractivity contribution in [2.45, 2.75) is 25.9 Å². The Morgan fingerprint density at radius 2 is 2.37 bits per heavy atom. The zero-order chi connectivity index (χ0) is 13.7.